The summed E-state index contributed by atoms with van der Waals surface area (Å²) < 4.78 is 4.19. The summed E-state index contributed by atoms with van der Waals surface area (Å²) in [5, 5.41) is 4.67. The van der Waals surface area contributed by atoms with Crippen LogP contribution in [-0.4, -0.2) is 21.9 Å². The highest BCUT2D eigenvalue weighted by Crippen LogP contribution is 2.08. The molecule has 0 amide bonds. The van der Waals surface area contributed by atoms with E-state index in [0.717, 1.165) is 30.2 Å². The maximum atomic E-state index is 4.37. The van der Waals surface area contributed by atoms with Gasteiger partial charge in [-0.15, -0.1) is 0 Å². The van der Waals surface area contributed by atoms with Crippen molar-refractivity contribution in [3.63, 3.8) is 0 Å². The lowest BCUT2D eigenvalue weighted by atomic mass is 10.1. The molecule has 0 saturated carbocycles. The van der Waals surface area contributed by atoms with Crippen molar-refractivity contribution in [2.45, 2.75) is 46.1 Å². The fraction of sp³-hybridized carbons (Fsp3) is 0.800. The largest absolute Gasteiger partial charge is 0.314 e. The van der Waals surface area contributed by atoms with Gasteiger partial charge in [-0.2, -0.15) is 4.37 Å². The van der Waals surface area contributed by atoms with Gasteiger partial charge in [0.25, 0.3) is 0 Å². The molecule has 4 heteroatoms. The Morgan fingerprint density at radius 2 is 2.21 bits per heavy atom. The third-order valence-corrected chi connectivity index (χ3v) is 2.99. The van der Waals surface area contributed by atoms with E-state index in [1.54, 1.807) is 0 Å². The highest BCUT2D eigenvalue weighted by Gasteiger charge is 2.09. The second-order valence-electron chi connectivity index (χ2n) is 3.50. The van der Waals surface area contributed by atoms with E-state index in [4.69, 9.17) is 0 Å². The minimum absolute atomic E-state index is 0.558. The smallest absolute Gasteiger partial charge is 0.139 e. The van der Waals surface area contributed by atoms with Gasteiger partial charge in [0.1, 0.15) is 10.8 Å². The third kappa shape index (κ3) is 3.72. The third-order valence-electron chi connectivity index (χ3n) is 2.17. The molecule has 0 aliphatic carbocycles. The van der Waals surface area contributed by atoms with Gasteiger partial charge < -0.3 is 5.32 Å². The van der Waals surface area contributed by atoms with Gasteiger partial charge in [0, 0.05) is 12.5 Å². The number of hydrogen-bond donors (Lipinski definition) is 1. The quantitative estimate of drug-likeness (QED) is 0.787. The molecule has 0 aliphatic rings. The molecular formula is C10H19N3S. The molecule has 1 unspecified atom stereocenters. The van der Waals surface area contributed by atoms with E-state index < -0.39 is 0 Å². The zero-order valence-electron chi connectivity index (χ0n) is 9.21. The number of hydrogen-bond acceptors (Lipinski definition) is 4. The molecule has 0 bridgehead atoms. The van der Waals surface area contributed by atoms with Gasteiger partial charge in [-0.1, -0.05) is 13.8 Å². The maximum Gasteiger partial charge on any atom is 0.139 e. The first-order chi connectivity index (χ1) is 6.76. The van der Waals surface area contributed by atoms with Crippen molar-refractivity contribution in [3.05, 3.63) is 10.8 Å². The summed E-state index contributed by atoms with van der Waals surface area (Å²) in [4.78, 5) is 4.37. The summed E-state index contributed by atoms with van der Waals surface area (Å²) in [6.07, 6.45) is 3.35. The first-order valence-electron chi connectivity index (χ1n) is 5.28. The van der Waals surface area contributed by atoms with Crippen LogP contribution in [-0.2, 0) is 6.42 Å². The maximum absolute atomic E-state index is 4.37. The normalized spacial score (nSPS) is 13.1. The van der Waals surface area contributed by atoms with Gasteiger partial charge >= 0.3 is 0 Å². The van der Waals surface area contributed by atoms with Crippen molar-refractivity contribution < 1.29 is 0 Å². The van der Waals surface area contributed by atoms with Crippen LogP contribution in [0.4, 0.5) is 0 Å². The molecule has 3 nitrogen and oxygen atoms in total. The van der Waals surface area contributed by atoms with Crippen LogP contribution in [0.3, 0.4) is 0 Å². The lowest BCUT2D eigenvalue weighted by molar-refractivity contribution is 0.494. The molecule has 0 fully saturated rings. The van der Waals surface area contributed by atoms with Gasteiger partial charge in [0.15, 0.2) is 0 Å². The average Bonchev–Trinajstić information content (AvgIpc) is 2.58. The van der Waals surface area contributed by atoms with E-state index in [-0.39, 0.29) is 0 Å². The second kappa shape index (κ2) is 6.09. The predicted octanol–water partition coefficient (Wildman–Crippen LogP) is 2.17. The van der Waals surface area contributed by atoms with Crippen molar-refractivity contribution in [2.75, 3.05) is 6.54 Å². The van der Waals surface area contributed by atoms with Gasteiger partial charge in [-0.25, -0.2) is 4.98 Å². The Bertz CT molecular complexity index is 260. The van der Waals surface area contributed by atoms with Crippen molar-refractivity contribution in [2.24, 2.45) is 0 Å². The van der Waals surface area contributed by atoms with Gasteiger partial charge in [0.05, 0.1) is 0 Å². The molecule has 1 heterocycles. The Morgan fingerprint density at radius 1 is 1.43 bits per heavy atom. The Hall–Kier alpha value is -0.480. The molecule has 0 aromatic carbocycles. The summed E-state index contributed by atoms with van der Waals surface area (Å²) in [5.74, 6) is 0.898. The SMILES string of the molecule is CCCNC(CC)Cc1nc(C)ns1. The van der Waals surface area contributed by atoms with Crippen LogP contribution in [0.25, 0.3) is 0 Å². The summed E-state index contributed by atoms with van der Waals surface area (Å²) in [6, 6.07) is 0.558. The van der Waals surface area contributed by atoms with Crippen molar-refractivity contribution >= 4 is 11.5 Å². The number of aryl methyl sites for hydroxylation is 1. The number of nitrogens with one attached hydrogen (secondary N) is 1. The molecule has 14 heavy (non-hydrogen) atoms. The highest BCUT2D eigenvalue weighted by atomic mass is 32.1. The lowest BCUT2D eigenvalue weighted by Crippen LogP contribution is -2.31. The number of nitrogens with zero attached hydrogens (tertiary/aromatic N) is 2. The zero-order valence-corrected chi connectivity index (χ0v) is 10.0. The Labute approximate surface area is 90.1 Å². The van der Waals surface area contributed by atoms with E-state index >= 15 is 0 Å². The van der Waals surface area contributed by atoms with Crippen LogP contribution >= 0.6 is 11.5 Å². The molecule has 0 aliphatic heterocycles. The van der Waals surface area contributed by atoms with Crippen molar-refractivity contribution in [1.82, 2.24) is 14.7 Å². The summed E-state index contributed by atoms with van der Waals surface area (Å²) in [6.45, 7) is 7.44. The fourth-order valence-corrected chi connectivity index (χ4v) is 2.07. The van der Waals surface area contributed by atoms with Gasteiger partial charge in [0.2, 0.25) is 0 Å². The Balaban J connectivity index is 2.40. The predicted molar refractivity (Wildman–Crippen MR) is 60.7 cm³/mol. The molecule has 1 atom stereocenters. The zero-order chi connectivity index (χ0) is 10.4. The minimum Gasteiger partial charge on any atom is -0.314 e. The molecule has 1 N–H and O–H groups in total. The molecule has 1 aromatic rings. The highest BCUT2D eigenvalue weighted by molar-refractivity contribution is 7.05. The molecule has 1 aromatic heterocycles. The average molecular weight is 213 g/mol. The fourth-order valence-electron chi connectivity index (χ4n) is 1.34. The van der Waals surface area contributed by atoms with Crippen LogP contribution < -0.4 is 5.32 Å². The molecule has 80 valence electrons. The lowest BCUT2D eigenvalue weighted by Gasteiger charge is -2.14. The van der Waals surface area contributed by atoms with E-state index in [1.165, 1.54) is 18.0 Å². The van der Waals surface area contributed by atoms with Crippen LogP contribution in [0.5, 0.6) is 0 Å². The first kappa shape index (κ1) is 11.6. The molecule has 1 rings (SSSR count). The molecule has 0 radical (unpaired) electrons. The second-order valence-corrected chi connectivity index (χ2v) is 4.34. The van der Waals surface area contributed by atoms with Crippen LogP contribution in [0, 0.1) is 6.92 Å². The van der Waals surface area contributed by atoms with Gasteiger partial charge in [-0.05, 0) is 37.8 Å². The molecule has 0 saturated heterocycles. The minimum atomic E-state index is 0.558. The van der Waals surface area contributed by atoms with Crippen molar-refractivity contribution in [3.8, 4) is 0 Å². The monoisotopic (exact) mass is 213 g/mol. The van der Waals surface area contributed by atoms with Crippen LogP contribution in [0.1, 0.15) is 37.5 Å². The van der Waals surface area contributed by atoms with E-state index in [1.807, 2.05) is 6.92 Å². The number of aromatic nitrogens is 2. The first-order valence-corrected chi connectivity index (χ1v) is 6.06. The molecule has 0 spiro atoms. The summed E-state index contributed by atoms with van der Waals surface area (Å²) >= 11 is 1.53. The Morgan fingerprint density at radius 3 is 2.71 bits per heavy atom. The van der Waals surface area contributed by atoms with E-state index in [9.17, 15) is 0 Å². The summed E-state index contributed by atoms with van der Waals surface area (Å²) in [7, 11) is 0. The Kier molecular flexibility index (Phi) is 5.04. The van der Waals surface area contributed by atoms with Gasteiger partial charge in [-0.3, -0.25) is 0 Å². The standard InChI is InChI=1S/C10H19N3S/c1-4-6-11-9(5-2)7-10-12-8(3)13-14-10/h9,11H,4-7H2,1-3H3. The molecular weight excluding hydrogens is 194 g/mol. The van der Waals surface area contributed by atoms with E-state index in [0.29, 0.717) is 6.04 Å². The number of rotatable bonds is 6. The van der Waals surface area contributed by atoms with Crippen molar-refractivity contribution in [1.29, 1.82) is 0 Å². The van der Waals surface area contributed by atoms with E-state index in [2.05, 4.69) is 28.5 Å². The van der Waals surface area contributed by atoms with Crippen LogP contribution in [0.2, 0.25) is 0 Å². The topological polar surface area (TPSA) is 37.8 Å². The summed E-state index contributed by atoms with van der Waals surface area (Å²) in [5.41, 5.74) is 0. The van der Waals surface area contributed by atoms with Crippen LogP contribution in [0.15, 0.2) is 0 Å².